The van der Waals surface area contributed by atoms with E-state index in [-0.39, 0.29) is 16.9 Å². The molecule has 0 saturated heterocycles. The molecule has 0 saturated carbocycles. The second-order valence-corrected chi connectivity index (χ2v) is 8.40. The second kappa shape index (κ2) is 10.6. The van der Waals surface area contributed by atoms with E-state index in [2.05, 4.69) is 6.92 Å². The zero-order valence-electron chi connectivity index (χ0n) is 19.4. The van der Waals surface area contributed by atoms with Crippen molar-refractivity contribution in [3.63, 3.8) is 0 Å². The normalized spacial score (nSPS) is 11.3. The molecule has 0 bridgehead atoms. The molecule has 0 unspecified atom stereocenters. The van der Waals surface area contributed by atoms with Gasteiger partial charge in [0.2, 0.25) is 0 Å². The molecule has 34 heavy (non-hydrogen) atoms. The van der Waals surface area contributed by atoms with Gasteiger partial charge in [-0.15, -0.1) is 0 Å². The summed E-state index contributed by atoms with van der Waals surface area (Å²) >= 11 is 0. The van der Waals surface area contributed by atoms with E-state index in [1.807, 2.05) is 67.6 Å². The number of hydrogen-bond donors (Lipinski definition) is 0. The Morgan fingerprint density at radius 1 is 0.618 bits per heavy atom. The molecule has 4 aromatic carbocycles. The average Bonchev–Trinajstić information content (AvgIpc) is 2.86. The van der Waals surface area contributed by atoms with Crippen LogP contribution in [0.4, 0.5) is 13.2 Å². The van der Waals surface area contributed by atoms with Gasteiger partial charge in [-0.05, 0) is 52.3 Å². The predicted octanol–water partition coefficient (Wildman–Crippen LogP) is 9.12. The average molecular weight is 457 g/mol. The van der Waals surface area contributed by atoms with Crippen molar-refractivity contribution in [3.05, 3.63) is 119 Å². The maximum Gasteiger partial charge on any atom is 0.167 e. The quantitative estimate of drug-likeness (QED) is 0.243. The SMILES string of the molecule is CCCc1ccc(C=Cc2ccc(-c3ccc(-c4ccc(CC)cc4)c(F)c3F)cc2)cc1F. The lowest BCUT2D eigenvalue weighted by molar-refractivity contribution is 0.514. The van der Waals surface area contributed by atoms with Gasteiger partial charge >= 0.3 is 0 Å². The van der Waals surface area contributed by atoms with E-state index < -0.39 is 11.6 Å². The van der Waals surface area contributed by atoms with Crippen molar-refractivity contribution < 1.29 is 13.2 Å². The van der Waals surface area contributed by atoms with Crippen molar-refractivity contribution in [1.29, 1.82) is 0 Å². The van der Waals surface area contributed by atoms with E-state index in [0.29, 0.717) is 11.1 Å². The molecule has 0 aliphatic heterocycles. The zero-order valence-corrected chi connectivity index (χ0v) is 19.4. The van der Waals surface area contributed by atoms with E-state index >= 15 is 0 Å². The number of hydrogen-bond acceptors (Lipinski definition) is 0. The molecule has 0 fully saturated rings. The summed E-state index contributed by atoms with van der Waals surface area (Å²) in [6.07, 6.45) is 6.23. The van der Waals surface area contributed by atoms with Crippen molar-refractivity contribution >= 4 is 12.2 Å². The van der Waals surface area contributed by atoms with Gasteiger partial charge < -0.3 is 0 Å². The summed E-state index contributed by atoms with van der Waals surface area (Å²) in [7, 11) is 0. The molecule has 0 aromatic heterocycles. The number of rotatable bonds is 7. The minimum atomic E-state index is -0.858. The number of aryl methyl sites for hydroxylation is 2. The Hall–Kier alpha value is -3.59. The molecule has 0 nitrogen and oxygen atoms in total. The molecule has 4 aromatic rings. The number of benzene rings is 4. The highest BCUT2D eigenvalue weighted by atomic mass is 19.2. The monoisotopic (exact) mass is 456 g/mol. The van der Waals surface area contributed by atoms with Crippen molar-refractivity contribution in [2.24, 2.45) is 0 Å². The highest BCUT2D eigenvalue weighted by Crippen LogP contribution is 2.32. The van der Waals surface area contributed by atoms with Crippen LogP contribution in [0, 0.1) is 17.5 Å². The van der Waals surface area contributed by atoms with Gasteiger partial charge in [0.25, 0.3) is 0 Å². The molecule has 0 spiro atoms. The van der Waals surface area contributed by atoms with Crippen LogP contribution in [-0.4, -0.2) is 0 Å². The highest BCUT2D eigenvalue weighted by molar-refractivity contribution is 5.74. The Morgan fingerprint density at radius 3 is 1.68 bits per heavy atom. The Labute approximate surface area is 199 Å². The van der Waals surface area contributed by atoms with Crippen LogP contribution in [0.2, 0.25) is 0 Å². The van der Waals surface area contributed by atoms with Gasteiger partial charge in [-0.2, -0.15) is 0 Å². The topological polar surface area (TPSA) is 0 Å². The van der Waals surface area contributed by atoms with Crippen molar-refractivity contribution in [1.82, 2.24) is 0 Å². The molecule has 0 aliphatic rings. The summed E-state index contributed by atoms with van der Waals surface area (Å²) in [5.41, 5.74) is 5.25. The van der Waals surface area contributed by atoms with E-state index in [9.17, 15) is 13.2 Å². The zero-order chi connectivity index (χ0) is 24.1. The first-order valence-corrected chi connectivity index (χ1v) is 11.6. The maximum atomic E-state index is 14.9. The first-order chi connectivity index (χ1) is 16.5. The minimum absolute atomic E-state index is 0.193. The summed E-state index contributed by atoms with van der Waals surface area (Å²) < 4.78 is 44.0. The number of halogens is 3. The Balaban J connectivity index is 1.54. The van der Waals surface area contributed by atoms with Crippen LogP contribution in [0.5, 0.6) is 0 Å². The van der Waals surface area contributed by atoms with Crippen LogP contribution >= 0.6 is 0 Å². The van der Waals surface area contributed by atoms with Crippen LogP contribution in [0.25, 0.3) is 34.4 Å². The Morgan fingerprint density at radius 2 is 1.15 bits per heavy atom. The van der Waals surface area contributed by atoms with Gasteiger partial charge in [0.05, 0.1) is 0 Å². The second-order valence-electron chi connectivity index (χ2n) is 8.40. The predicted molar refractivity (Wildman–Crippen MR) is 136 cm³/mol. The Kier molecular flexibility index (Phi) is 7.32. The Bertz CT molecular complexity index is 1300. The van der Waals surface area contributed by atoms with Crippen LogP contribution in [0.15, 0.2) is 78.9 Å². The lowest BCUT2D eigenvalue weighted by Gasteiger charge is -2.10. The van der Waals surface area contributed by atoms with Crippen LogP contribution < -0.4 is 0 Å². The van der Waals surface area contributed by atoms with Crippen LogP contribution in [0.3, 0.4) is 0 Å². The van der Waals surface area contributed by atoms with Gasteiger partial charge in [0.1, 0.15) is 5.82 Å². The smallest absolute Gasteiger partial charge is 0.167 e. The molecule has 0 heterocycles. The van der Waals surface area contributed by atoms with E-state index in [4.69, 9.17) is 0 Å². The summed E-state index contributed by atoms with van der Waals surface area (Å²) in [6, 6.07) is 23.2. The fourth-order valence-corrected chi connectivity index (χ4v) is 4.02. The van der Waals surface area contributed by atoms with Crippen LogP contribution in [-0.2, 0) is 12.8 Å². The molecule has 0 radical (unpaired) electrons. The third kappa shape index (κ3) is 5.14. The first-order valence-electron chi connectivity index (χ1n) is 11.6. The lowest BCUT2D eigenvalue weighted by Crippen LogP contribution is -1.94. The fraction of sp³-hybridized carbons (Fsp3) is 0.161. The summed E-state index contributed by atoms with van der Waals surface area (Å²) in [5.74, 6) is -1.90. The fourth-order valence-electron chi connectivity index (χ4n) is 4.02. The summed E-state index contributed by atoms with van der Waals surface area (Å²) in [5, 5.41) is 0. The molecule has 0 aliphatic carbocycles. The van der Waals surface area contributed by atoms with Gasteiger partial charge in [-0.3, -0.25) is 0 Å². The summed E-state index contributed by atoms with van der Waals surface area (Å²) in [4.78, 5) is 0. The molecule has 172 valence electrons. The van der Waals surface area contributed by atoms with Gasteiger partial charge in [0.15, 0.2) is 11.6 Å². The molecule has 3 heteroatoms. The molecule has 0 N–H and O–H groups in total. The molecule has 0 amide bonds. The largest absolute Gasteiger partial charge is 0.207 e. The van der Waals surface area contributed by atoms with Gasteiger partial charge in [-0.1, -0.05) is 105 Å². The van der Waals surface area contributed by atoms with E-state index in [1.54, 1.807) is 24.3 Å². The third-order valence-corrected chi connectivity index (χ3v) is 6.04. The van der Waals surface area contributed by atoms with E-state index in [1.165, 1.54) is 6.07 Å². The van der Waals surface area contributed by atoms with Crippen molar-refractivity contribution in [2.75, 3.05) is 0 Å². The molecular weight excluding hydrogens is 429 g/mol. The van der Waals surface area contributed by atoms with Crippen LogP contribution in [0.1, 0.15) is 42.5 Å². The molecule has 0 atom stereocenters. The lowest BCUT2D eigenvalue weighted by atomic mass is 9.97. The standard InChI is InChI=1S/C31H27F3/c1-3-5-26-17-12-23(20-29(26)32)7-6-22-10-15-25(16-11-22)28-19-18-27(30(33)31(28)34)24-13-8-21(4-2)9-14-24/h6-20H,3-5H2,1-2H3. The van der Waals surface area contributed by atoms with Crippen molar-refractivity contribution in [2.45, 2.75) is 33.1 Å². The third-order valence-electron chi connectivity index (χ3n) is 6.04. The molecule has 4 rings (SSSR count). The van der Waals surface area contributed by atoms with Gasteiger partial charge in [0, 0.05) is 11.1 Å². The summed E-state index contributed by atoms with van der Waals surface area (Å²) in [6.45, 7) is 4.08. The first kappa shape index (κ1) is 23.6. The minimum Gasteiger partial charge on any atom is -0.207 e. The van der Waals surface area contributed by atoms with Gasteiger partial charge in [-0.25, -0.2) is 13.2 Å². The molecular formula is C31H27F3. The maximum absolute atomic E-state index is 14.9. The highest BCUT2D eigenvalue weighted by Gasteiger charge is 2.16. The van der Waals surface area contributed by atoms with Crippen molar-refractivity contribution in [3.8, 4) is 22.3 Å². The van der Waals surface area contributed by atoms with E-state index in [0.717, 1.165) is 41.5 Å².